The van der Waals surface area contributed by atoms with Gasteiger partial charge >= 0.3 is 0 Å². The summed E-state index contributed by atoms with van der Waals surface area (Å²) in [4.78, 5) is 12.6. The van der Waals surface area contributed by atoms with Gasteiger partial charge in [0, 0.05) is 6.07 Å². The van der Waals surface area contributed by atoms with E-state index in [9.17, 15) is 13.6 Å². The Hall–Kier alpha value is -2.80. The molecule has 0 saturated heterocycles. The minimum Gasteiger partial charge on any atom is -0.491 e. The van der Waals surface area contributed by atoms with E-state index in [4.69, 9.17) is 14.7 Å². The Morgan fingerprint density at radius 2 is 2.30 bits per heavy atom. The Morgan fingerprint density at radius 3 is 3.07 bits per heavy atom. The number of aromatic nitrogens is 2. The van der Waals surface area contributed by atoms with Crippen molar-refractivity contribution in [2.75, 3.05) is 18.1 Å². The predicted molar refractivity (Wildman–Crippen MR) is 106 cm³/mol. The number of halogens is 2. The van der Waals surface area contributed by atoms with Crippen LogP contribution >= 0.6 is 11.8 Å². The van der Waals surface area contributed by atoms with Gasteiger partial charge in [0.1, 0.15) is 18.5 Å². The number of amides is 1. The molecule has 1 unspecified atom stereocenters. The third-order valence-electron chi connectivity index (χ3n) is 4.90. The van der Waals surface area contributed by atoms with E-state index in [1.54, 1.807) is 28.9 Å². The van der Waals surface area contributed by atoms with Gasteiger partial charge in [-0.05, 0) is 42.4 Å². The minimum atomic E-state index is -2.30. The summed E-state index contributed by atoms with van der Waals surface area (Å²) in [7, 11) is 0. The maximum absolute atomic E-state index is 12.6. The van der Waals surface area contributed by atoms with Gasteiger partial charge in [0.15, 0.2) is 5.69 Å². The van der Waals surface area contributed by atoms with Crippen LogP contribution in [0.25, 0.3) is 0 Å². The second kappa shape index (κ2) is 8.92. The molecule has 7 nitrogen and oxygen atoms in total. The van der Waals surface area contributed by atoms with E-state index >= 15 is 0 Å². The quantitative estimate of drug-likeness (QED) is 0.674. The smallest absolute Gasteiger partial charge is 0.272 e. The number of thioether (sulfide) groups is 1. The number of alkyl halides is 2. The molecule has 0 aliphatic carbocycles. The van der Waals surface area contributed by atoms with Crippen molar-refractivity contribution >= 4 is 17.7 Å². The summed E-state index contributed by atoms with van der Waals surface area (Å²) in [5, 5.41) is 16.3. The fourth-order valence-electron chi connectivity index (χ4n) is 3.49. The number of hydrogen-bond acceptors (Lipinski definition) is 6. The molecule has 1 N–H and O–H groups in total. The molecular weight excluding hydrogens is 414 g/mol. The second-order valence-corrected chi connectivity index (χ2v) is 8.31. The van der Waals surface area contributed by atoms with Crippen molar-refractivity contribution in [3.8, 4) is 17.7 Å². The van der Waals surface area contributed by atoms with Gasteiger partial charge in [0.25, 0.3) is 5.91 Å². The third kappa shape index (κ3) is 4.67. The van der Waals surface area contributed by atoms with E-state index in [1.165, 1.54) is 11.8 Å². The van der Waals surface area contributed by atoms with Crippen LogP contribution in [-0.4, -0.2) is 52.4 Å². The molecule has 0 spiro atoms. The summed E-state index contributed by atoms with van der Waals surface area (Å²) in [5.41, 5.74) is 1.69. The van der Waals surface area contributed by atoms with Gasteiger partial charge in [-0.2, -0.15) is 22.1 Å². The van der Waals surface area contributed by atoms with Gasteiger partial charge in [-0.1, -0.05) is 0 Å². The maximum atomic E-state index is 12.6. The van der Waals surface area contributed by atoms with Crippen LogP contribution in [0.1, 0.15) is 28.0 Å². The molecule has 1 aromatic heterocycles. The van der Waals surface area contributed by atoms with Crippen LogP contribution in [0.2, 0.25) is 0 Å². The van der Waals surface area contributed by atoms with Gasteiger partial charge in [-0.15, -0.1) is 0 Å². The molecule has 1 aromatic carbocycles. The molecular formula is C20H20F2N4O3S. The standard InChI is InChI=1S/C20H20F2N4O3S/c21-18(22)11-30-4-3-15-9-26-19(29-15)7-16(25-26)20(27)24-14-6-13-5-12(8-23)1-2-17(13)28-10-14/h1-2,5,7,14-15,18H,3-4,6,9-11H2,(H,24,27)/t14-,15?/m1/s1. The Kier molecular flexibility index (Phi) is 6.08. The number of benzene rings is 1. The predicted octanol–water partition coefficient (Wildman–Crippen LogP) is 2.64. The Bertz CT molecular complexity index is 952. The van der Waals surface area contributed by atoms with Crippen LogP contribution in [0.5, 0.6) is 11.6 Å². The molecule has 3 heterocycles. The maximum Gasteiger partial charge on any atom is 0.272 e. The molecule has 0 radical (unpaired) electrons. The van der Waals surface area contributed by atoms with Crippen molar-refractivity contribution in [1.82, 2.24) is 15.1 Å². The number of ether oxygens (including phenoxy) is 2. The highest BCUT2D eigenvalue weighted by Crippen LogP contribution is 2.27. The number of carbonyl (C=O) groups is 1. The highest BCUT2D eigenvalue weighted by atomic mass is 32.2. The van der Waals surface area contributed by atoms with E-state index < -0.39 is 6.43 Å². The first kappa shape index (κ1) is 20.5. The molecule has 2 atom stereocenters. The number of nitrogens with one attached hydrogen (secondary N) is 1. The summed E-state index contributed by atoms with van der Waals surface area (Å²) < 4.78 is 37.4. The number of carbonyl (C=O) groups excluding carboxylic acids is 1. The average molecular weight is 434 g/mol. The molecule has 2 aliphatic heterocycles. The van der Waals surface area contributed by atoms with E-state index in [0.717, 1.165) is 11.3 Å². The van der Waals surface area contributed by atoms with Crippen molar-refractivity contribution in [2.24, 2.45) is 0 Å². The monoisotopic (exact) mass is 434 g/mol. The van der Waals surface area contributed by atoms with Gasteiger partial charge < -0.3 is 14.8 Å². The molecule has 158 valence electrons. The number of rotatable bonds is 7. The Balaban J connectivity index is 1.29. The average Bonchev–Trinajstić information content (AvgIpc) is 3.29. The molecule has 2 aromatic rings. The van der Waals surface area contributed by atoms with E-state index in [1.807, 2.05) is 0 Å². The van der Waals surface area contributed by atoms with Crippen LogP contribution in [0.4, 0.5) is 8.78 Å². The first-order chi connectivity index (χ1) is 14.5. The number of nitrogens with zero attached hydrogens (tertiary/aromatic N) is 3. The van der Waals surface area contributed by atoms with Crippen LogP contribution in [0, 0.1) is 11.3 Å². The number of nitriles is 1. The zero-order valence-corrected chi connectivity index (χ0v) is 16.8. The van der Waals surface area contributed by atoms with Crippen molar-refractivity contribution in [3.63, 3.8) is 0 Å². The normalized spacial score (nSPS) is 19.4. The van der Waals surface area contributed by atoms with Crippen LogP contribution < -0.4 is 14.8 Å². The molecule has 0 bridgehead atoms. The Morgan fingerprint density at radius 1 is 1.43 bits per heavy atom. The van der Waals surface area contributed by atoms with E-state index in [-0.39, 0.29) is 29.5 Å². The lowest BCUT2D eigenvalue weighted by atomic mass is 10.0. The summed E-state index contributed by atoms with van der Waals surface area (Å²) in [5.74, 6) is 1.33. The minimum absolute atomic E-state index is 0.118. The fraction of sp³-hybridized carbons (Fsp3) is 0.450. The van der Waals surface area contributed by atoms with Gasteiger partial charge in [-0.3, -0.25) is 4.79 Å². The van der Waals surface area contributed by atoms with E-state index in [2.05, 4.69) is 16.5 Å². The Labute approximate surface area is 176 Å². The molecule has 0 fully saturated rings. The molecule has 30 heavy (non-hydrogen) atoms. The van der Waals surface area contributed by atoms with Gasteiger partial charge in [0.05, 0.1) is 30.0 Å². The summed E-state index contributed by atoms with van der Waals surface area (Å²) in [6.07, 6.45) is -1.20. The number of fused-ring (bicyclic) bond motifs is 2. The summed E-state index contributed by atoms with van der Waals surface area (Å²) >= 11 is 1.20. The zero-order valence-electron chi connectivity index (χ0n) is 16.0. The zero-order chi connectivity index (χ0) is 21.1. The molecule has 4 rings (SSSR count). The summed E-state index contributed by atoms with van der Waals surface area (Å²) in [6.45, 7) is 0.835. The lowest BCUT2D eigenvalue weighted by Crippen LogP contribution is -2.43. The fourth-order valence-corrected chi connectivity index (χ4v) is 4.27. The van der Waals surface area contributed by atoms with Gasteiger partial charge in [-0.25, -0.2) is 13.5 Å². The highest BCUT2D eigenvalue weighted by Gasteiger charge is 2.28. The molecule has 1 amide bonds. The first-order valence-corrected chi connectivity index (χ1v) is 10.7. The van der Waals surface area contributed by atoms with Crippen LogP contribution in [0.3, 0.4) is 0 Å². The highest BCUT2D eigenvalue weighted by molar-refractivity contribution is 7.99. The third-order valence-corrected chi connectivity index (χ3v) is 5.91. The van der Waals surface area contributed by atoms with Crippen LogP contribution in [0.15, 0.2) is 24.3 Å². The SMILES string of the molecule is N#Cc1ccc2c(c1)C[C@@H](NC(=O)c1cc3n(n1)CC(CCSCC(F)F)O3)CO2. The largest absolute Gasteiger partial charge is 0.491 e. The van der Waals surface area contributed by atoms with E-state index in [0.29, 0.717) is 43.2 Å². The van der Waals surface area contributed by atoms with Crippen molar-refractivity contribution in [1.29, 1.82) is 5.26 Å². The van der Waals surface area contributed by atoms with Crippen molar-refractivity contribution in [2.45, 2.75) is 38.0 Å². The second-order valence-electron chi connectivity index (χ2n) is 7.16. The van der Waals surface area contributed by atoms with Crippen molar-refractivity contribution in [3.05, 3.63) is 41.1 Å². The lowest BCUT2D eigenvalue weighted by Gasteiger charge is -2.26. The van der Waals surface area contributed by atoms with Crippen LogP contribution in [-0.2, 0) is 13.0 Å². The van der Waals surface area contributed by atoms with Crippen molar-refractivity contribution < 1.29 is 23.0 Å². The molecule has 2 aliphatic rings. The topological polar surface area (TPSA) is 89.2 Å². The first-order valence-electron chi connectivity index (χ1n) is 9.59. The molecule has 0 saturated carbocycles. The number of hydrogen-bond donors (Lipinski definition) is 1. The summed E-state index contributed by atoms with van der Waals surface area (Å²) in [6, 6.07) is 8.71. The molecule has 10 heteroatoms. The van der Waals surface area contributed by atoms with Gasteiger partial charge in [0.2, 0.25) is 12.3 Å². The lowest BCUT2D eigenvalue weighted by molar-refractivity contribution is 0.0908.